The smallest absolute Gasteiger partial charge is 0.260 e. The van der Waals surface area contributed by atoms with Crippen molar-refractivity contribution >= 4 is 56.0 Å². The number of carbonyl (C=O) groups excluding carboxylic acids is 1. The summed E-state index contributed by atoms with van der Waals surface area (Å²) >= 11 is 1.09. The summed E-state index contributed by atoms with van der Waals surface area (Å²) in [5.74, 6) is -1.69. The molecule has 0 saturated carbocycles. The molecule has 0 bridgehead atoms. The third-order valence-corrected chi connectivity index (χ3v) is 5.61. The third kappa shape index (κ3) is 4.95. The second kappa shape index (κ2) is 9.59. The Labute approximate surface area is 188 Å². The van der Waals surface area contributed by atoms with Crippen LogP contribution in [0, 0.1) is 11.6 Å². The van der Waals surface area contributed by atoms with Crippen LogP contribution in [0.4, 0.5) is 13.9 Å². The van der Waals surface area contributed by atoms with Crippen molar-refractivity contribution in [3.63, 3.8) is 0 Å². The number of anilines is 1. The van der Waals surface area contributed by atoms with Gasteiger partial charge >= 0.3 is 0 Å². The zero-order chi connectivity index (χ0) is 21.3. The highest BCUT2D eigenvalue weighted by Crippen LogP contribution is 2.32. The van der Waals surface area contributed by atoms with E-state index < -0.39 is 11.6 Å². The van der Waals surface area contributed by atoms with Gasteiger partial charge in [0, 0.05) is 30.6 Å². The van der Waals surface area contributed by atoms with Crippen LogP contribution < -0.4 is 4.90 Å². The number of thiazole rings is 1. The molecule has 2 aromatic heterocycles. The van der Waals surface area contributed by atoms with Crippen molar-refractivity contribution < 1.29 is 13.6 Å². The fourth-order valence-corrected chi connectivity index (χ4v) is 4.17. The molecule has 0 spiro atoms. The summed E-state index contributed by atoms with van der Waals surface area (Å²) in [7, 11) is 3.90. The minimum absolute atomic E-state index is 0. The molecular weight excluding hydrogens is 444 g/mol. The predicted molar refractivity (Wildman–Crippen MR) is 121 cm³/mol. The van der Waals surface area contributed by atoms with Crippen molar-refractivity contribution in [2.24, 2.45) is 0 Å². The molecule has 2 aromatic carbocycles. The summed E-state index contributed by atoms with van der Waals surface area (Å²) in [4.78, 5) is 29.7. The highest BCUT2D eigenvalue weighted by atomic mass is 35.5. The number of aromatic nitrogens is 3. The van der Waals surface area contributed by atoms with Gasteiger partial charge < -0.3 is 4.90 Å². The highest BCUT2D eigenvalue weighted by molar-refractivity contribution is 7.22. The van der Waals surface area contributed by atoms with E-state index in [0.29, 0.717) is 39.4 Å². The molecule has 1 amide bonds. The van der Waals surface area contributed by atoms with E-state index >= 15 is 0 Å². The third-order valence-electron chi connectivity index (χ3n) is 4.58. The molecule has 0 N–H and O–H groups in total. The van der Waals surface area contributed by atoms with Crippen LogP contribution in [0.15, 0.2) is 42.7 Å². The first-order valence-electron chi connectivity index (χ1n) is 9.35. The molecule has 162 valence electrons. The van der Waals surface area contributed by atoms with E-state index in [0.717, 1.165) is 23.9 Å². The second-order valence-corrected chi connectivity index (χ2v) is 8.11. The molecule has 4 rings (SSSR count). The Kier molecular flexibility index (Phi) is 7.09. The summed E-state index contributed by atoms with van der Waals surface area (Å²) in [6.07, 6.45) is 3.85. The average Bonchev–Trinajstić information content (AvgIpc) is 3.14. The number of amides is 1. The molecule has 0 atom stereocenters. The van der Waals surface area contributed by atoms with E-state index in [9.17, 15) is 13.6 Å². The van der Waals surface area contributed by atoms with E-state index in [1.807, 2.05) is 19.0 Å². The van der Waals surface area contributed by atoms with Crippen LogP contribution in [0.2, 0.25) is 0 Å². The van der Waals surface area contributed by atoms with Crippen LogP contribution in [0.25, 0.3) is 21.3 Å². The summed E-state index contributed by atoms with van der Waals surface area (Å²) in [6, 6.07) is 7.13. The van der Waals surface area contributed by atoms with Gasteiger partial charge in [-0.25, -0.2) is 13.8 Å². The average molecular weight is 464 g/mol. The molecule has 6 nitrogen and oxygen atoms in total. The number of hydrogen-bond acceptors (Lipinski definition) is 6. The van der Waals surface area contributed by atoms with Crippen molar-refractivity contribution in [1.29, 1.82) is 0 Å². The molecule has 10 heteroatoms. The Bertz CT molecular complexity index is 1230. The van der Waals surface area contributed by atoms with Gasteiger partial charge in [0.2, 0.25) is 0 Å². The maximum Gasteiger partial charge on any atom is 0.260 e. The number of benzene rings is 2. The summed E-state index contributed by atoms with van der Waals surface area (Å²) in [6.45, 7) is 1.15. The van der Waals surface area contributed by atoms with E-state index in [-0.39, 0.29) is 23.8 Å². The van der Waals surface area contributed by atoms with Gasteiger partial charge in [-0.2, -0.15) is 0 Å². The van der Waals surface area contributed by atoms with Crippen LogP contribution in [0.3, 0.4) is 0 Å². The SMILES string of the molecule is CN(C)CCCN(C(=O)c1ccc2nccnc2c1)c1nc2c(F)cc(F)cc2s1.Cl. The first-order chi connectivity index (χ1) is 14.4. The van der Waals surface area contributed by atoms with Crippen LogP contribution in [0.1, 0.15) is 16.8 Å². The number of rotatable bonds is 6. The molecule has 0 radical (unpaired) electrons. The Morgan fingerprint density at radius 2 is 1.77 bits per heavy atom. The van der Waals surface area contributed by atoms with Crippen molar-refractivity contribution in [1.82, 2.24) is 19.9 Å². The molecule has 4 aromatic rings. The van der Waals surface area contributed by atoms with Gasteiger partial charge in [-0.15, -0.1) is 12.4 Å². The Hall–Kier alpha value is -2.75. The first-order valence-corrected chi connectivity index (χ1v) is 10.2. The minimum Gasteiger partial charge on any atom is -0.309 e. The van der Waals surface area contributed by atoms with Gasteiger partial charge in [0.05, 0.1) is 15.7 Å². The van der Waals surface area contributed by atoms with Gasteiger partial charge in [0.15, 0.2) is 10.9 Å². The van der Waals surface area contributed by atoms with Crippen LogP contribution in [-0.2, 0) is 0 Å². The van der Waals surface area contributed by atoms with E-state index in [4.69, 9.17) is 0 Å². The normalized spacial score (nSPS) is 11.1. The van der Waals surface area contributed by atoms with Crippen LogP contribution >= 0.6 is 23.7 Å². The maximum absolute atomic E-state index is 14.2. The fourth-order valence-electron chi connectivity index (χ4n) is 3.14. The van der Waals surface area contributed by atoms with Gasteiger partial charge in [-0.05, 0) is 51.3 Å². The molecule has 0 fully saturated rings. The summed E-state index contributed by atoms with van der Waals surface area (Å²) in [5, 5.41) is 0.331. The lowest BCUT2D eigenvalue weighted by Crippen LogP contribution is -2.33. The fraction of sp³-hybridized carbons (Fsp3) is 0.238. The molecule has 0 saturated heterocycles. The zero-order valence-corrected chi connectivity index (χ0v) is 18.5. The van der Waals surface area contributed by atoms with E-state index in [2.05, 4.69) is 15.0 Å². The van der Waals surface area contributed by atoms with E-state index in [1.165, 1.54) is 11.0 Å². The van der Waals surface area contributed by atoms with E-state index in [1.54, 1.807) is 30.6 Å². The van der Waals surface area contributed by atoms with Crippen LogP contribution in [-0.4, -0.2) is 52.9 Å². The number of fused-ring (bicyclic) bond motifs is 2. The second-order valence-electron chi connectivity index (χ2n) is 7.10. The molecule has 0 aliphatic rings. The monoisotopic (exact) mass is 463 g/mol. The van der Waals surface area contributed by atoms with Crippen molar-refractivity contribution in [3.8, 4) is 0 Å². The molecular formula is C21H20ClF2N5OS. The van der Waals surface area contributed by atoms with Gasteiger partial charge in [0.25, 0.3) is 5.91 Å². The predicted octanol–water partition coefficient (Wildman–Crippen LogP) is 4.54. The van der Waals surface area contributed by atoms with Crippen molar-refractivity contribution in [2.45, 2.75) is 6.42 Å². The largest absolute Gasteiger partial charge is 0.309 e. The summed E-state index contributed by atoms with van der Waals surface area (Å²) < 4.78 is 28.1. The topological polar surface area (TPSA) is 62.2 Å². The lowest BCUT2D eigenvalue weighted by atomic mass is 10.1. The number of halogens is 3. The van der Waals surface area contributed by atoms with Crippen LogP contribution in [0.5, 0.6) is 0 Å². The lowest BCUT2D eigenvalue weighted by Gasteiger charge is -2.21. The quantitative estimate of drug-likeness (QED) is 0.420. The zero-order valence-electron chi connectivity index (χ0n) is 16.9. The lowest BCUT2D eigenvalue weighted by molar-refractivity contribution is 0.0986. The van der Waals surface area contributed by atoms with Gasteiger partial charge in [-0.1, -0.05) is 11.3 Å². The van der Waals surface area contributed by atoms with Gasteiger partial charge in [-0.3, -0.25) is 19.7 Å². The van der Waals surface area contributed by atoms with Crippen molar-refractivity contribution in [3.05, 3.63) is 59.9 Å². The Balaban J connectivity index is 0.00000272. The minimum atomic E-state index is -0.742. The first kappa shape index (κ1) is 22.9. The maximum atomic E-state index is 14.2. The van der Waals surface area contributed by atoms with Gasteiger partial charge in [0.1, 0.15) is 11.3 Å². The Morgan fingerprint density at radius 1 is 1.03 bits per heavy atom. The molecule has 0 unspecified atom stereocenters. The Morgan fingerprint density at radius 3 is 2.52 bits per heavy atom. The molecule has 0 aliphatic heterocycles. The molecule has 2 heterocycles. The number of nitrogens with zero attached hydrogens (tertiary/aromatic N) is 5. The molecule has 0 aliphatic carbocycles. The summed E-state index contributed by atoms with van der Waals surface area (Å²) in [5.41, 5.74) is 1.78. The number of hydrogen-bond donors (Lipinski definition) is 0. The highest BCUT2D eigenvalue weighted by Gasteiger charge is 2.23. The molecule has 31 heavy (non-hydrogen) atoms. The number of carbonyl (C=O) groups is 1. The van der Waals surface area contributed by atoms with Crippen molar-refractivity contribution in [2.75, 3.05) is 32.1 Å². The standard InChI is InChI=1S/C21H19F2N5OS.ClH/c1-27(2)8-3-9-28(21-26-19-15(23)11-14(22)12-18(19)30-21)20(29)13-4-5-16-17(10-13)25-7-6-24-16;/h4-7,10-12H,3,8-9H2,1-2H3;1H.